The summed E-state index contributed by atoms with van der Waals surface area (Å²) in [7, 11) is 1.80. The Labute approximate surface area is 103 Å². The first kappa shape index (κ1) is 12.4. The Morgan fingerprint density at radius 2 is 2.00 bits per heavy atom. The minimum Gasteiger partial charge on any atom is -0.437 e. The van der Waals surface area contributed by atoms with Crippen LogP contribution in [0.15, 0.2) is 30.6 Å². The number of nitrogens with zero attached hydrogens (tertiary/aromatic N) is 2. The van der Waals surface area contributed by atoms with Gasteiger partial charge in [-0.05, 0) is 19.2 Å². The summed E-state index contributed by atoms with van der Waals surface area (Å²) in [6, 6.07) is 3.27. The summed E-state index contributed by atoms with van der Waals surface area (Å²) >= 11 is 0. The van der Waals surface area contributed by atoms with E-state index in [2.05, 4.69) is 15.3 Å². The van der Waals surface area contributed by atoms with Gasteiger partial charge < -0.3 is 10.1 Å². The minimum absolute atomic E-state index is 0.171. The molecule has 1 aromatic heterocycles. The lowest BCUT2D eigenvalue weighted by Crippen LogP contribution is -2.07. The summed E-state index contributed by atoms with van der Waals surface area (Å²) in [5, 5.41) is 2.93. The molecule has 0 aliphatic heterocycles. The number of hydrogen-bond donors (Lipinski definition) is 1. The lowest BCUT2D eigenvalue weighted by Gasteiger charge is -2.05. The molecule has 0 aliphatic carbocycles. The summed E-state index contributed by atoms with van der Waals surface area (Å²) in [6.45, 7) is 0.596. The lowest BCUT2D eigenvalue weighted by molar-refractivity contribution is 0.444. The third-order valence-corrected chi connectivity index (χ3v) is 2.15. The molecule has 0 spiro atoms. The van der Waals surface area contributed by atoms with Crippen molar-refractivity contribution in [3.8, 4) is 11.6 Å². The first-order valence-corrected chi connectivity index (χ1v) is 5.27. The van der Waals surface area contributed by atoms with E-state index >= 15 is 0 Å². The SMILES string of the molecule is CNCc1cnc(Oc2ccc(F)c(F)c2)cn1. The predicted molar refractivity (Wildman–Crippen MR) is 61.2 cm³/mol. The number of benzene rings is 1. The van der Waals surface area contributed by atoms with Crippen molar-refractivity contribution >= 4 is 0 Å². The van der Waals surface area contributed by atoms with Crippen LogP contribution in [0.1, 0.15) is 5.69 Å². The quantitative estimate of drug-likeness (QED) is 0.905. The average Bonchev–Trinajstić information content (AvgIpc) is 2.37. The Balaban J connectivity index is 2.10. The average molecular weight is 251 g/mol. The highest BCUT2D eigenvalue weighted by atomic mass is 19.2. The molecule has 94 valence electrons. The fourth-order valence-electron chi connectivity index (χ4n) is 1.33. The molecule has 2 aromatic rings. The molecule has 0 atom stereocenters. The number of hydrogen-bond acceptors (Lipinski definition) is 4. The van der Waals surface area contributed by atoms with Crippen LogP contribution in [0, 0.1) is 11.6 Å². The standard InChI is InChI=1S/C12H11F2N3O/c1-15-5-8-6-17-12(7-16-8)18-9-2-3-10(13)11(14)4-9/h2-4,6-7,15H,5H2,1H3. The number of ether oxygens (including phenoxy) is 1. The molecule has 0 aliphatic rings. The van der Waals surface area contributed by atoms with Crippen molar-refractivity contribution in [2.45, 2.75) is 6.54 Å². The lowest BCUT2D eigenvalue weighted by atomic mass is 10.3. The van der Waals surface area contributed by atoms with Gasteiger partial charge in [0.1, 0.15) is 5.75 Å². The van der Waals surface area contributed by atoms with Crippen molar-refractivity contribution in [1.82, 2.24) is 15.3 Å². The molecule has 0 amide bonds. The Bertz CT molecular complexity index is 531. The molecule has 0 bridgehead atoms. The van der Waals surface area contributed by atoms with Crippen molar-refractivity contribution in [1.29, 1.82) is 0 Å². The minimum atomic E-state index is -0.965. The van der Waals surface area contributed by atoms with Crippen molar-refractivity contribution in [3.63, 3.8) is 0 Å². The van der Waals surface area contributed by atoms with E-state index < -0.39 is 11.6 Å². The van der Waals surface area contributed by atoms with Gasteiger partial charge in [0.2, 0.25) is 5.88 Å². The molecule has 0 fully saturated rings. The van der Waals surface area contributed by atoms with E-state index in [1.807, 2.05) is 0 Å². The fraction of sp³-hybridized carbons (Fsp3) is 0.167. The van der Waals surface area contributed by atoms with Gasteiger partial charge in [-0.3, -0.25) is 4.98 Å². The first-order chi connectivity index (χ1) is 8.69. The second-order valence-electron chi connectivity index (χ2n) is 3.55. The van der Waals surface area contributed by atoms with Crippen LogP contribution in [0.4, 0.5) is 8.78 Å². The van der Waals surface area contributed by atoms with Crippen LogP contribution in [-0.4, -0.2) is 17.0 Å². The summed E-state index contributed by atoms with van der Waals surface area (Å²) in [6.07, 6.45) is 2.97. The number of rotatable bonds is 4. The molecule has 0 saturated heterocycles. The summed E-state index contributed by atoms with van der Waals surface area (Å²) in [5.74, 6) is -1.49. The molecule has 6 heteroatoms. The maximum Gasteiger partial charge on any atom is 0.237 e. The van der Waals surface area contributed by atoms with E-state index in [1.165, 1.54) is 12.3 Å². The number of aromatic nitrogens is 2. The van der Waals surface area contributed by atoms with Gasteiger partial charge in [-0.25, -0.2) is 13.8 Å². The van der Waals surface area contributed by atoms with Crippen LogP contribution in [-0.2, 0) is 6.54 Å². The maximum atomic E-state index is 12.9. The summed E-state index contributed by atoms with van der Waals surface area (Å²) in [5.41, 5.74) is 0.759. The van der Waals surface area contributed by atoms with E-state index in [9.17, 15) is 8.78 Å². The van der Waals surface area contributed by atoms with Crippen LogP contribution < -0.4 is 10.1 Å². The highest BCUT2D eigenvalue weighted by Gasteiger charge is 2.05. The van der Waals surface area contributed by atoms with Crippen molar-refractivity contribution < 1.29 is 13.5 Å². The zero-order valence-corrected chi connectivity index (χ0v) is 9.65. The molecular formula is C12H11F2N3O. The highest BCUT2D eigenvalue weighted by Crippen LogP contribution is 2.20. The van der Waals surface area contributed by atoms with Crippen LogP contribution in [0.25, 0.3) is 0 Å². The van der Waals surface area contributed by atoms with Crippen molar-refractivity contribution in [3.05, 3.63) is 47.9 Å². The molecule has 4 nitrogen and oxygen atoms in total. The van der Waals surface area contributed by atoms with Gasteiger partial charge in [-0.1, -0.05) is 0 Å². The number of halogens is 2. The Hall–Kier alpha value is -2.08. The molecule has 1 aromatic carbocycles. The van der Waals surface area contributed by atoms with Gasteiger partial charge in [-0.15, -0.1) is 0 Å². The zero-order valence-electron chi connectivity index (χ0n) is 9.65. The van der Waals surface area contributed by atoms with Gasteiger partial charge in [0.15, 0.2) is 11.6 Å². The smallest absolute Gasteiger partial charge is 0.237 e. The molecule has 1 heterocycles. The van der Waals surface area contributed by atoms with Gasteiger partial charge in [0.05, 0.1) is 18.1 Å². The predicted octanol–water partition coefficient (Wildman–Crippen LogP) is 2.27. The van der Waals surface area contributed by atoms with E-state index in [0.717, 1.165) is 17.8 Å². The van der Waals surface area contributed by atoms with Crippen LogP contribution in [0.5, 0.6) is 11.6 Å². The van der Waals surface area contributed by atoms with E-state index in [0.29, 0.717) is 6.54 Å². The maximum absolute atomic E-state index is 12.9. The topological polar surface area (TPSA) is 47.0 Å². The van der Waals surface area contributed by atoms with Gasteiger partial charge in [-0.2, -0.15) is 0 Å². The van der Waals surface area contributed by atoms with Crippen molar-refractivity contribution in [2.75, 3.05) is 7.05 Å². The summed E-state index contributed by atoms with van der Waals surface area (Å²) in [4.78, 5) is 8.09. The third-order valence-electron chi connectivity index (χ3n) is 2.15. The Kier molecular flexibility index (Phi) is 3.78. The van der Waals surface area contributed by atoms with Crippen molar-refractivity contribution in [2.24, 2.45) is 0 Å². The highest BCUT2D eigenvalue weighted by molar-refractivity contribution is 5.27. The van der Waals surface area contributed by atoms with Crippen LogP contribution >= 0.6 is 0 Å². The second-order valence-corrected chi connectivity index (χ2v) is 3.55. The molecule has 0 unspecified atom stereocenters. The summed E-state index contributed by atoms with van der Waals surface area (Å²) < 4.78 is 30.9. The van der Waals surface area contributed by atoms with E-state index in [1.54, 1.807) is 13.2 Å². The molecular weight excluding hydrogens is 240 g/mol. The molecule has 18 heavy (non-hydrogen) atoms. The number of nitrogens with one attached hydrogen (secondary N) is 1. The van der Waals surface area contributed by atoms with Gasteiger partial charge in [0, 0.05) is 12.6 Å². The fourth-order valence-corrected chi connectivity index (χ4v) is 1.33. The van der Waals surface area contributed by atoms with Gasteiger partial charge >= 0.3 is 0 Å². The van der Waals surface area contributed by atoms with Gasteiger partial charge in [0.25, 0.3) is 0 Å². The normalized spacial score (nSPS) is 10.4. The first-order valence-electron chi connectivity index (χ1n) is 5.27. The zero-order chi connectivity index (χ0) is 13.0. The Morgan fingerprint density at radius 3 is 2.61 bits per heavy atom. The largest absolute Gasteiger partial charge is 0.437 e. The van der Waals surface area contributed by atoms with Crippen LogP contribution in [0.2, 0.25) is 0 Å². The molecule has 2 rings (SSSR count). The van der Waals surface area contributed by atoms with E-state index in [-0.39, 0.29) is 11.6 Å². The second kappa shape index (κ2) is 5.50. The molecule has 1 N–H and O–H groups in total. The Morgan fingerprint density at radius 1 is 1.17 bits per heavy atom. The van der Waals surface area contributed by atoms with E-state index in [4.69, 9.17) is 4.74 Å². The third kappa shape index (κ3) is 2.98. The van der Waals surface area contributed by atoms with Crippen LogP contribution in [0.3, 0.4) is 0 Å². The molecule has 0 saturated carbocycles. The monoisotopic (exact) mass is 251 g/mol. The molecule has 0 radical (unpaired) electrons.